The van der Waals surface area contributed by atoms with Crippen molar-refractivity contribution >= 4 is 11.6 Å². The lowest BCUT2D eigenvalue weighted by Crippen LogP contribution is -2.51. The number of rotatable bonds is 5. The fourth-order valence-electron chi connectivity index (χ4n) is 2.00. The van der Waals surface area contributed by atoms with Gasteiger partial charge in [0.25, 0.3) is 5.91 Å². The van der Waals surface area contributed by atoms with Gasteiger partial charge in [-0.15, -0.1) is 0 Å². The van der Waals surface area contributed by atoms with Crippen LogP contribution in [0.5, 0.6) is 0 Å². The molecule has 0 atom stereocenters. The fraction of sp³-hybridized carbons (Fsp3) is 0.538. The molecule has 4 N–H and O–H groups in total. The van der Waals surface area contributed by atoms with Crippen LogP contribution in [-0.2, 0) is 0 Å². The number of hydrogen-bond acceptors (Lipinski definition) is 4. The van der Waals surface area contributed by atoms with Gasteiger partial charge in [-0.3, -0.25) is 9.78 Å². The number of nitrogens with two attached hydrogens (primary N) is 1. The van der Waals surface area contributed by atoms with Gasteiger partial charge in [0.1, 0.15) is 5.69 Å². The van der Waals surface area contributed by atoms with Gasteiger partial charge < -0.3 is 16.4 Å². The van der Waals surface area contributed by atoms with Crippen molar-refractivity contribution in [3.63, 3.8) is 0 Å². The van der Waals surface area contributed by atoms with Crippen LogP contribution in [0.2, 0.25) is 0 Å². The summed E-state index contributed by atoms with van der Waals surface area (Å²) in [5.74, 6) is -0.146. The van der Waals surface area contributed by atoms with E-state index in [0.29, 0.717) is 12.2 Å². The zero-order valence-electron chi connectivity index (χ0n) is 10.7. The third-order valence-electron chi connectivity index (χ3n) is 3.32. The average molecular weight is 248 g/mol. The van der Waals surface area contributed by atoms with Crippen molar-refractivity contribution in [1.82, 2.24) is 10.3 Å². The first-order valence-electron chi connectivity index (χ1n) is 6.40. The van der Waals surface area contributed by atoms with Crippen LogP contribution in [0, 0.1) is 0 Å². The second-order valence-electron chi connectivity index (χ2n) is 4.86. The lowest BCUT2D eigenvalue weighted by molar-refractivity contribution is 0.0951. The number of anilines is 1. The predicted molar refractivity (Wildman–Crippen MR) is 71.5 cm³/mol. The van der Waals surface area contributed by atoms with Gasteiger partial charge in [-0.1, -0.05) is 0 Å². The highest BCUT2D eigenvalue weighted by Gasteiger charge is 2.31. The molecule has 1 saturated carbocycles. The molecule has 5 nitrogen and oxygen atoms in total. The summed E-state index contributed by atoms with van der Waals surface area (Å²) >= 11 is 0. The Bertz CT molecular complexity index is 429. The Hall–Kier alpha value is -1.62. The largest absolute Gasteiger partial charge is 0.383 e. The minimum atomic E-state index is -0.146. The van der Waals surface area contributed by atoms with Crippen LogP contribution in [0.1, 0.15) is 36.7 Å². The molecule has 0 spiro atoms. The van der Waals surface area contributed by atoms with E-state index in [1.807, 2.05) is 13.0 Å². The first-order chi connectivity index (χ1) is 8.63. The molecule has 0 saturated heterocycles. The molecule has 1 aliphatic rings. The molecule has 0 aliphatic heterocycles. The van der Waals surface area contributed by atoms with Crippen LogP contribution in [0.3, 0.4) is 0 Å². The number of nitrogens with zero attached hydrogens (tertiary/aromatic N) is 1. The Morgan fingerprint density at radius 1 is 1.56 bits per heavy atom. The quantitative estimate of drug-likeness (QED) is 0.729. The van der Waals surface area contributed by atoms with Crippen LogP contribution in [0.4, 0.5) is 5.69 Å². The van der Waals surface area contributed by atoms with Crippen molar-refractivity contribution < 1.29 is 4.79 Å². The molecular weight excluding hydrogens is 228 g/mol. The zero-order valence-corrected chi connectivity index (χ0v) is 10.7. The molecule has 0 unspecified atom stereocenters. The Labute approximate surface area is 107 Å². The lowest BCUT2D eigenvalue weighted by Gasteiger charge is -2.38. The molecule has 98 valence electrons. The number of nitrogens with one attached hydrogen (secondary N) is 2. The van der Waals surface area contributed by atoms with Gasteiger partial charge in [-0.2, -0.15) is 0 Å². The predicted octanol–water partition coefficient (Wildman–Crippen LogP) is 1.12. The number of pyridine rings is 1. The molecule has 1 fully saturated rings. The summed E-state index contributed by atoms with van der Waals surface area (Å²) in [5.41, 5.74) is 7.39. The second kappa shape index (κ2) is 5.35. The molecule has 0 radical (unpaired) electrons. The molecule has 0 aromatic carbocycles. The molecular formula is C13H20N4O. The first-order valence-corrected chi connectivity index (χ1v) is 6.40. The Balaban J connectivity index is 1.96. The van der Waals surface area contributed by atoms with Gasteiger partial charge in [0.2, 0.25) is 0 Å². The number of amides is 1. The molecule has 1 aliphatic carbocycles. The number of carbonyl (C=O) groups excluding carboxylic acids is 1. The SMILES string of the molecule is CCNC(=O)c1cc(NCC2(N)CCC2)ccn1. The van der Waals surface area contributed by atoms with Gasteiger partial charge in [0.05, 0.1) is 0 Å². The number of hydrogen-bond donors (Lipinski definition) is 3. The molecule has 18 heavy (non-hydrogen) atoms. The highest BCUT2D eigenvalue weighted by atomic mass is 16.1. The Kier molecular flexibility index (Phi) is 3.81. The molecule has 1 amide bonds. The maximum Gasteiger partial charge on any atom is 0.269 e. The normalized spacial score (nSPS) is 16.8. The number of aromatic nitrogens is 1. The van der Waals surface area contributed by atoms with Crippen molar-refractivity contribution in [3.05, 3.63) is 24.0 Å². The van der Waals surface area contributed by atoms with Crippen LogP contribution in [0.15, 0.2) is 18.3 Å². The smallest absolute Gasteiger partial charge is 0.269 e. The summed E-state index contributed by atoms with van der Waals surface area (Å²) in [6.45, 7) is 3.23. The van der Waals surface area contributed by atoms with Crippen molar-refractivity contribution in [1.29, 1.82) is 0 Å². The van der Waals surface area contributed by atoms with Gasteiger partial charge in [-0.25, -0.2) is 0 Å². The van der Waals surface area contributed by atoms with Crippen LogP contribution < -0.4 is 16.4 Å². The van der Waals surface area contributed by atoms with E-state index in [1.54, 1.807) is 12.3 Å². The minimum Gasteiger partial charge on any atom is -0.383 e. The molecule has 1 aromatic heterocycles. The van der Waals surface area contributed by atoms with Crippen molar-refractivity contribution in [2.24, 2.45) is 5.73 Å². The fourth-order valence-corrected chi connectivity index (χ4v) is 2.00. The van der Waals surface area contributed by atoms with E-state index in [4.69, 9.17) is 5.73 Å². The maximum absolute atomic E-state index is 11.6. The van der Waals surface area contributed by atoms with Crippen molar-refractivity contribution in [2.45, 2.75) is 31.7 Å². The van der Waals surface area contributed by atoms with Gasteiger partial charge >= 0.3 is 0 Å². The summed E-state index contributed by atoms with van der Waals surface area (Å²) < 4.78 is 0. The van der Waals surface area contributed by atoms with Gasteiger partial charge in [0.15, 0.2) is 0 Å². The van der Waals surface area contributed by atoms with Gasteiger partial charge in [-0.05, 0) is 38.3 Å². The van der Waals surface area contributed by atoms with E-state index < -0.39 is 0 Å². The maximum atomic E-state index is 11.6. The van der Waals surface area contributed by atoms with E-state index in [0.717, 1.165) is 25.1 Å². The lowest BCUT2D eigenvalue weighted by atomic mass is 9.78. The summed E-state index contributed by atoms with van der Waals surface area (Å²) in [7, 11) is 0. The zero-order chi connectivity index (χ0) is 13.0. The molecule has 2 rings (SSSR count). The minimum absolute atomic E-state index is 0.0743. The summed E-state index contributed by atoms with van der Waals surface area (Å²) in [4.78, 5) is 15.7. The molecule has 1 aromatic rings. The Morgan fingerprint density at radius 3 is 2.94 bits per heavy atom. The second-order valence-corrected chi connectivity index (χ2v) is 4.86. The van der Waals surface area contributed by atoms with Crippen LogP contribution in [-0.4, -0.2) is 29.5 Å². The molecule has 5 heteroatoms. The molecule has 0 bridgehead atoms. The topological polar surface area (TPSA) is 80.0 Å². The van der Waals surface area contributed by atoms with E-state index in [-0.39, 0.29) is 11.4 Å². The summed E-state index contributed by atoms with van der Waals surface area (Å²) in [5, 5.41) is 6.01. The average Bonchev–Trinajstić information content (AvgIpc) is 2.35. The first kappa shape index (κ1) is 12.8. The van der Waals surface area contributed by atoms with E-state index in [1.165, 1.54) is 6.42 Å². The monoisotopic (exact) mass is 248 g/mol. The summed E-state index contributed by atoms with van der Waals surface area (Å²) in [6.07, 6.45) is 4.97. The van der Waals surface area contributed by atoms with Crippen LogP contribution in [0.25, 0.3) is 0 Å². The van der Waals surface area contributed by atoms with E-state index >= 15 is 0 Å². The van der Waals surface area contributed by atoms with Crippen molar-refractivity contribution in [3.8, 4) is 0 Å². The highest BCUT2D eigenvalue weighted by Crippen LogP contribution is 2.29. The molecule has 1 heterocycles. The summed E-state index contributed by atoms with van der Waals surface area (Å²) in [6, 6.07) is 3.61. The standard InChI is InChI=1S/C13H20N4O/c1-2-15-12(18)11-8-10(4-7-16-11)17-9-13(14)5-3-6-13/h4,7-8H,2-3,5-6,9,14H2,1H3,(H,15,18)(H,16,17). The third kappa shape index (κ3) is 2.98. The number of carbonyl (C=O) groups is 1. The van der Waals surface area contributed by atoms with Crippen LogP contribution >= 0.6 is 0 Å². The van der Waals surface area contributed by atoms with E-state index in [9.17, 15) is 4.79 Å². The highest BCUT2D eigenvalue weighted by molar-refractivity contribution is 5.93. The van der Waals surface area contributed by atoms with Gasteiger partial charge in [0, 0.05) is 30.5 Å². The van der Waals surface area contributed by atoms with Crippen molar-refractivity contribution in [2.75, 3.05) is 18.4 Å². The third-order valence-corrected chi connectivity index (χ3v) is 3.32. The van der Waals surface area contributed by atoms with E-state index in [2.05, 4.69) is 15.6 Å². The Morgan fingerprint density at radius 2 is 2.33 bits per heavy atom.